The van der Waals surface area contributed by atoms with Gasteiger partial charge in [0.05, 0.1) is 6.10 Å². The number of rotatable bonds is 5. The van der Waals surface area contributed by atoms with Gasteiger partial charge in [-0.1, -0.05) is 19.8 Å². The Morgan fingerprint density at radius 3 is 2.86 bits per heavy atom. The summed E-state index contributed by atoms with van der Waals surface area (Å²) in [7, 11) is 0. The lowest BCUT2D eigenvalue weighted by Crippen LogP contribution is -2.40. The summed E-state index contributed by atoms with van der Waals surface area (Å²) in [4.78, 5) is 0. The van der Waals surface area contributed by atoms with E-state index in [1.165, 1.54) is 32.1 Å². The first-order chi connectivity index (χ1) is 6.72. The van der Waals surface area contributed by atoms with Crippen molar-refractivity contribution in [1.82, 2.24) is 5.32 Å². The minimum atomic E-state index is -0.0559. The Morgan fingerprint density at radius 1 is 1.43 bits per heavy atom. The second-order valence-corrected chi connectivity index (χ2v) is 4.73. The van der Waals surface area contributed by atoms with Crippen molar-refractivity contribution in [2.45, 2.75) is 77.0 Å². The van der Waals surface area contributed by atoms with Gasteiger partial charge in [-0.3, -0.25) is 0 Å². The fourth-order valence-corrected chi connectivity index (χ4v) is 2.31. The van der Waals surface area contributed by atoms with E-state index in [1.807, 2.05) is 0 Å². The van der Waals surface area contributed by atoms with Crippen molar-refractivity contribution < 1.29 is 5.11 Å². The number of hydrogen-bond acceptors (Lipinski definition) is 2. The summed E-state index contributed by atoms with van der Waals surface area (Å²) in [6.45, 7) is 4.49. The van der Waals surface area contributed by atoms with Gasteiger partial charge in [-0.05, 0) is 39.0 Å². The van der Waals surface area contributed by atoms with Crippen molar-refractivity contribution >= 4 is 0 Å². The molecular formula is C12H25NO. The Labute approximate surface area is 88.1 Å². The molecule has 2 heteroatoms. The van der Waals surface area contributed by atoms with Crippen LogP contribution in [0.3, 0.4) is 0 Å². The average molecular weight is 199 g/mol. The van der Waals surface area contributed by atoms with Crippen LogP contribution in [-0.2, 0) is 0 Å². The number of nitrogens with one attached hydrogen (secondary N) is 1. The van der Waals surface area contributed by atoms with Crippen molar-refractivity contribution in [3.8, 4) is 0 Å². The van der Waals surface area contributed by atoms with Crippen LogP contribution in [0, 0.1) is 0 Å². The standard InChI is InChI=1S/C12H25NO/c1-3-4-6-10(2)13-11-7-5-8-12(14)9-11/h10-14H,3-9H2,1-2H3. The Balaban J connectivity index is 2.15. The molecule has 0 aromatic rings. The fourth-order valence-electron chi connectivity index (χ4n) is 2.31. The number of aliphatic hydroxyl groups excluding tert-OH is 1. The molecule has 1 aliphatic carbocycles. The van der Waals surface area contributed by atoms with E-state index in [0.717, 1.165) is 12.8 Å². The van der Waals surface area contributed by atoms with Crippen molar-refractivity contribution in [3.05, 3.63) is 0 Å². The van der Waals surface area contributed by atoms with Crippen LogP contribution in [0.2, 0.25) is 0 Å². The van der Waals surface area contributed by atoms with Gasteiger partial charge in [0.15, 0.2) is 0 Å². The van der Waals surface area contributed by atoms with Crippen molar-refractivity contribution in [3.63, 3.8) is 0 Å². The smallest absolute Gasteiger partial charge is 0.0555 e. The van der Waals surface area contributed by atoms with Gasteiger partial charge in [0.25, 0.3) is 0 Å². The maximum atomic E-state index is 9.53. The van der Waals surface area contributed by atoms with Crippen LogP contribution in [0.4, 0.5) is 0 Å². The largest absolute Gasteiger partial charge is 0.393 e. The Morgan fingerprint density at radius 2 is 2.21 bits per heavy atom. The summed E-state index contributed by atoms with van der Waals surface area (Å²) in [6, 6.07) is 1.18. The fraction of sp³-hybridized carbons (Fsp3) is 1.00. The summed E-state index contributed by atoms with van der Waals surface area (Å²) < 4.78 is 0. The SMILES string of the molecule is CCCCC(C)NC1CCCC(O)C1. The van der Waals surface area contributed by atoms with E-state index in [4.69, 9.17) is 0 Å². The van der Waals surface area contributed by atoms with Crippen LogP contribution in [0.25, 0.3) is 0 Å². The highest BCUT2D eigenvalue weighted by Gasteiger charge is 2.20. The second-order valence-electron chi connectivity index (χ2n) is 4.73. The molecule has 14 heavy (non-hydrogen) atoms. The highest BCUT2D eigenvalue weighted by molar-refractivity contribution is 4.79. The summed E-state index contributed by atoms with van der Waals surface area (Å²) in [5.74, 6) is 0. The Kier molecular flexibility index (Phi) is 5.49. The quantitative estimate of drug-likeness (QED) is 0.713. The molecule has 0 saturated heterocycles. The van der Waals surface area contributed by atoms with Crippen molar-refractivity contribution in [2.75, 3.05) is 0 Å². The zero-order chi connectivity index (χ0) is 10.4. The van der Waals surface area contributed by atoms with Crippen molar-refractivity contribution in [1.29, 1.82) is 0 Å². The first kappa shape index (κ1) is 12.0. The monoisotopic (exact) mass is 199 g/mol. The molecule has 0 aromatic carbocycles. The topological polar surface area (TPSA) is 32.3 Å². The third kappa shape index (κ3) is 4.43. The molecule has 2 nitrogen and oxygen atoms in total. The summed E-state index contributed by atoms with van der Waals surface area (Å²) in [5, 5.41) is 13.2. The molecule has 1 aliphatic rings. The molecule has 1 saturated carbocycles. The minimum absolute atomic E-state index is 0.0559. The van der Waals surface area contributed by atoms with Gasteiger partial charge < -0.3 is 10.4 Å². The van der Waals surface area contributed by atoms with Gasteiger partial charge in [0.1, 0.15) is 0 Å². The van der Waals surface area contributed by atoms with Crippen LogP contribution in [0.1, 0.15) is 58.8 Å². The van der Waals surface area contributed by atoms with Crippen LogP contribution >= 0.6 is 0 Å². The lowest BCUT2D eigenvalue weighted by Gasteiger charge is -2.29. The lowest BCUT2D eigenvalue weighted by molar-refractivity contribution is 0.109. The van der Waals surface area contributed by atoms with E-state index in [9.17, 15) is 5.11 Å². The van der Waals surface area contributed by atoms with Crippen LogP contribution in [0.5, 0.6) is 0 Å². The molecule has 0 amide bonds. The van der Waals surface area contributed by atoms with E-state index < -0.39 is 0 Å². The van der Waals surface area contributed by atoms with Crippen molar-refractivity contribution in [2.24, 2.45) is 0 Å². The second kappa shape index (κ2) is 6.41. The van der Waals surface area contributed by atoms with Gasteiger partial charge in [-0.2, -0.15) is 0 Å². The highest BCUT2D eigenvalue weighted by atomic mass is 16.3. The van der Waals surface area contributed by atoms with E-state index in [1.54, 1.807) is 0 Å². The summed E-state index contributed by atoms with van der Waals surface area (Å²) in [6.07, 6.45) is 8.18. The molecule has 0 radical (unpaired) electrons. The van der Waals surface area contributed by atoms with E-state index >= 15 is 0 Å². The Hall–Kier alpha value is -0.0800. The maximum Gasteiger partial charge on any atom is 0.0555 e. The molecule has 3 atom stereocenters. The third-order valence-corrected chi connectivity index (χ3v) is 3.16. The number of aliphatic hydroxyl groups is 1. The van der Waals surface area contributed by atoms with Gasteiger partial charge >= 0.3 is 0 Å². The molecule has 0 spiro atoms. The minimum Gasteiger partial charge on any atom is -0.393 e. The third-order valence-electron chi connectivity index (χ3n) is 3.16. The average Bonchev–Trinajstić information content (AvgIpc) is 2.15. The highest BCUT2D eigenvalue weighted by Crippen LogP contribution is 2.19. The van der Waals surface area contributed by atoms with Crippen LogP contribution in [0.15, 0.2) is 0 Å². The number of unbranched alkanes of at least 4 members (excludes halogenated alkanes) is 1. The van der Waals surface area contributed by atoms with E-state index in [2.05, 4.69) is 19.2 Å². The normalized spacial score (nSPS) is 30.2. The lowest BCUT2D eigenvalue weighted by atomic mass is 9.92. The Bertz CT molecular complexity index is 149. The van der Waals surface area contributed by atoms with Crippen LogP contribution in [-0.4, -0.2) is 23.3 Å². The first-order valence-electron chi connectivity index (χ1n) is 6.16. The van der Waals surface area contributed by atoms with Gasteiger partial charge in [0.2, 0.25) is 0 Å². The maximum absolute atomic E-state index is 9.53. The molecule has 1 fully saturated rings. The molecule has 1 rings (SSSR count). The van der Waals surface area contributed by atoms with Gasteiger partial charge in [-0.25, -0.2) is 0 Å². The predicted octanol–water partition coefficient (Wildman–Crippen LogP) is 2.46. The number of hydrogen-bond donors (Lipinski definition) is 2. The predicted molar refractivity (Wildman–Crippen MR) is 60.4 cm³/mol. The van der Waals surface area contributed by atoms with Gasteiger partial charge in [-0.15, -0.1) is 0 Å². The molecule has 0 heterocycles. The first-order valence-corrected chi connectivity index (χ1v) is 6.16. The van der Waals surface area contributed by atoms with Gasteiger partial charge in [0, 0.05) is 12.1 Å². The molecular weight excluding hydrogens is 174 g/mol. The molecule has 3 unspecified atom stereocenters. The van der Waals surface area contributed by atoms with E-state index in [-0.39, 0.29) is 6.10 Å². The molecule has 84 valence electrons. The molecule has 0 bridgehead atoms. The molecule has 0 aromatic heterocycles. The van der Waals surface area contributed by atoms with Crippen LogP contribution < -0.4 is 5.32 Å². The molecule has 0 aliphatic heterocycles. The zero-order valence-electron chi connectivity index (χ0n) is 9.63. The summed E-state index contributed by atoms with van der Waals surface area (Å²) >= 11 is 0. The molecule has 2 N–H and O–H groups in total. The zero-order valence-corrected chi connectivity index (χ0v) is 9.63. The van der Waals surface area contributed by atoms with E-state index in [0.29, 0.717) is 12.1 Å². The summed E-state index contributed by atoms with van der Waals surface area (Å²) in [5.41, 5.74) is 0.